The molecule has 0 radical (unpaired) electrons. The second-order valence-electron chi connectivity index (χ2n) is 4.21. The number of carbonyl (C=O) groups is 4. The highest BCUT2D eigenvalue weighted by Gasteiger charge is 2.34. The first kappa shape index (κ1) is 15.4. The van der Waals surface area contributed by atoms with Crippen LogP contribution in [0.5, 0.6) is 0 Å². The van der Waals surface area contributed by atoms with Crippen molar-refractivity contribution in [2.24, 2.45) is 0 Å². The zero-order chi connectivity index (χ0) is 14.6. The summed E-state index contributed by atoms with van der Waals surface area (Å²) in [5.74, 6) is -2.11. The fourth-order valence-corrected chi connectivity index (χ4v) is 1.56. The lowest BCUT2D eigenvalue weighted by atomic mass is 9.95. The molecule has 104 valence electrons. The zero-order valence-corrected chi connectivity index (χ0v) is 10.2. The lowest BCUT2D eigenvalue weighted by molar-refractivity contribution is -0.145. The molecule has 1 saturated heterocycles. The first-order chi connectivity index (χ1) is 8.86. The van der Waals surface area contributed by atoms with Crippen LogP contribution in [0, 0.1) is 0 Å². The fraction of sp³-hybridized carbons (Fsp3) is 0.500. The monoisotopic (exact) mass is 270 g/mol. The molecule has 0 aromatic heterocycles. The van der Waals surface area contributed by atoms with Gasteiger partial charge in [0.25, 0.3) is 0 Å². The van der Waals surface area contributed by atoms with Crippen molar-refractivity contribution in [1.82, 2.24) is 0 Å². The van der Waals surface area contributed by atoms with E-state index in [0.29, 0.717) is 0 Å². The van der Waals surface area contributed by atoms with Gasteiger partial charge in [0.2, 0.25) is 5.78 Å². The second-order valence-corrected chi connectivity index (χ2v) is 4.21. The first-order valence-corrected chi connectivity index (χ1v) is 5.60. The molecule has 0 bridgehead atoms. The third-order valence-electron chi connectivity index (χ3n) is 2.59. The van der Waals surface area contributed by atoms with Crippen LogP contribution in [-0.4, -0.2) is 58.8 Å². The number of Topliss-reactive ketones (excluding diaryl/α,β-unsaturated/α-hetero) is 3. The summed E-state index contributed by atoms with van der Waals surface area (Å²) in [7, 11) is 0. The summed E-state index contributed by atoms with van der Waals surface area (Å²) in [5.41, 5.74) is -0.360. The van der Waals surface area contributed by atoms with Gasteiger partial charge in [0.05, 0.1) is 18.6 Å². The Bertz CT molecular complexity index is 435. The first-order valence-electron chi connectivity index (χ1n) is 5.60. The maximum atomic E-state index is 11.6. The highest BCUT2D eigenvalue weighted by atomic mass is 16.5. The van der Waals surface area contributed by atoms with Gasteiger partial charge in [-0.1, -0.05) is 0 Å². The predicted octanol–water partition coefficient (Wildman–Crippen LogP) is -1.65. The molecule has 0 aromatic carbocycles. The molecule has 3 unspecified atom stereocenters. The third kappa shape index (κ3) is 3.88. The number of ether oxygens (including phenoxy) is 1. The van der Waals surface area contributed by atoms with Gasteiger partial charge in [-0.2, -0.15) is 0 Å². The summed E-state index contributed by atoms with van der Waals surface area (Å²) >= 11 is 0. The van der Waals surface area contributed by atoms with E-state index in [9.17, 15) is 24.3 Å². The van der Waals surface area contributed by atoms with Crippen molar-refractivity contribution in [1.29, 1.82) is 0 Å². The molecule has 1 aliphatic heterocycles. The van der Waals surface area contributed by atoms with Gasteiger partial charge in [-0.05, 0) is 13.0 Å². The van der Waals surface area contributed by atoms with Gasteiger partial charge in [0.1, 0.15) is 12.7 Å². The van der Waals surface area contributed by atoms with E-state index in [1.54, 1.807) is 0 Å². The van der Waals surface area contributed by atoms with Gasteiger partial charge in [-0.15, -0.1) is 0 Å². The average molecular weight is 270 g/mol. The molecule has 0 spiro atoms. The minimum Gasteiger partial charge on any atom is -0.390 e. The number of aldehydes is 1. The molecule has 2 N–H and O–H groups in total. The number of hydrogen-bond acceptors (Lipinski definition) is 7. The Hall–Kier alpha value is -1.70. The molecule has 0 saturated carbocycles. The summed E-state index contributed by atoms with van der Waals surface area (Å²) in [5, 5.41) is 18.6. The van der Waals surface area contributed by atoms with Crippen LogP contribution in [0.2, 0.25) is 0 Å². The van der Waals surface area contributed by atoms with Gasteiger partial charge >= 0.3 is 0 Å². The molecule has 1 rings (SSSR count). The van der Waals surface area contributed by atoms with Crippen LogP contribution in [0.1, 0.15) is 13.3 Å². The van der Waals surface area contributed by atoms with Crippen molar-refractivity contribution < 1.29 is 34.1 Å². The number of carbonyl (C=O) groups excluding carboxylic acids is 4. The Morgan fingerprint density at radius 2 is 2.05 bits per heavy atom. The lowest BCUT2D eigenvalue weighted by Crippen LogP contribution is -2.39. The van der Waals surface area contributed by atoms with E-state index in [-0.39, 0.29) is 24.9 Å². The molecule has 1 fully saturated rings. The van der Waals surface area contributed by atoms with Gasteiger partial charge in [-0.25, -0.2) is 0 Å². The Labute approximate surface area is 108 Å². The Morgan fingerprint density at radius 3 is 2.53 bits per heavy atom. The van der Waals surface area contributed by atoms with Gasteiger partial charge in [0, 0.05) is 5.57 Å². The van der Waals surface area contributed by atoms with Gasteiger partial charge in [-0.3, -0.25) is 19.2 Å². The molecule has 7 nitrogen and oxygen atoms in total. The van der Waals surface area contributed by atoms with E-state index in [1.165, 1.54) is 6.92 Å². The topological polar surface area (TPSA) is 118 Å². The summed E-state index contributed by atoms with van der Waals surface area (Å²) in [4.78, 5) is 44.6. The van der Waals surface area contributed by atoms with Crippen LogP contribution >= 0.6 is 0 Å². The van der Waals surface area contributed by atoms with Gasteiger partial charge < -0.3 is 14.9 Å². The van der Waals surface area contributed by atoms with Crippen LogP contribution in [-0.2, 0) is 23.9 Å². The minimum absolute atomic E-state index is 0.0202. The molecule has 1 aliphatic rings. The van der Waals surface area contributed by atoms with Gasteiger partial charge in [0.15, 0.2) is 17.9 Å². The van der Waals surface area contributed by atoms with E-state index in [0.717, 1.165) is 6.08 Å². The smallest absolute Gasteiger partial charge is 0.224 e. The second kappa shape index (κ2) is 6.46. The van der Waals surface area contributed by atoms with E-state index in [4.69, 9.17) is 9.84 Å². The molecule has 0 aliphatic carbocycles. The normalized spacial score (nSPS) is 23.9. The lowest BCUT2D eigenvalue weighted by Gasteiger charge is -2.22. The fourth-order valence-electron chi connectivity index (χ4n) is 1.56. The summed E-state index contributed by atoms with van der Waals surface area (Å²) in [6, 6.07) is 0. The number of aliphatic hydroxyl groups is 2. The Balaban J connectivity index is 3.04. The summed E-state index contributed by atoms with van der Waals surface area (Å²) in [6.45, 7) is 0.932. The molecule has 7 heteroatoms. The average Bonchev–Trinajstić information content (AvgIpc) is 2.35. The maximum absolute atomic E-state index is 11.6. The van der Waals surface area contributed by atoms with Crippen LogP contribution < -0.4 is 0 Å². The van der Waals surface area contributed by atoms with E-state index in [2.05, 4.69) is 0 Å². The van der Waals surface area contributed by atoms with E-state index in [1.807, 2.05) is 0 Å². The van der Waals surface area contributed by atoms with Crippen LogP contribution in [0.3, 0.4) is 0 Å². The Kier molecular flexibility index (Phi) is 5.22. The van der Waals surface area contributed by atoms with Crippen molar-refractivity contribution in [3.63, 3.8) is 0 Å². The number of ketones is 3. The van der Waals surface area contributed by atoms with E-state index < -0.39 is 35.7 Å². The highest BCUT2D eigenvalue weighted by molar-refractivity contribution is 6.34. The van der Waals surface area contributed by atoms with Crippen molar-refractivity contribution >= 4 is 23.6 Å². The van der Waals surface area contributed by atoms with Crippen LogP contribution in [0.4, 0.5) is 0 Å². The number of rotatable bonds is 5. The van der Waals surface area contributed by atoms with Crippen molar-refractivity contribution in [2.75, 3.05) is 6.61 Å². The molecule has 1 heterocycles. The number of hydrogen-bond donors (Lipinski definition) is 2. The standard InChI is InChI=1S/C12H14O7/c1-6(14)9(16)3-8(11(18)4-13)12-10(17)2-7(15)5-19-12/h3-4,6,9,12,14,16H,2,5H2,1H3/b8-3+. The van der Waals surface area contributed by atoms with Crippen molar-refractivity contribution in [2.45, 2.75) is 31.7 Å². The maximum Gasteiger partial charge on any atom is 0.224 e. The third-order valence-corrected chi connectivity index (χ3v) is 2.59. The summed E-state index contributed by atoms with van der Waals surface area (Å²) in [6.07, 6.45) is -3.47. The molecule has 19 heavy (non-hydrogen) atoms. The zero-order valence-electron chi connectivity index (χ0n) is 10.2. The number of aliphatic hydroxyl groups excluding tert-OH is 2. The Morgan fingerprint density at radius 1 is 1.42 bits per heavy atom. The highest BCUT2D eigenvalue weighted by Crippen LogP contribution is 2.17. The minimum atomic E-state index is -1.42. The molecular weight excluding hydrogens is 256 g/mol. The van der Waals surface area contributed by atoms with Crippen LogP contribution in [0.15, 0.2) is 11.6 Å². The molecule has 0 aromatic rings. The van der Waals surface area contributed by atoms with Crippen molar-refractivity contribution in [3.05, 3.63) is 11.6 Å². The quantitative estimate of drug-likeness (QED) is 0.266. The molecule has 3 atom stereocenters. The van der Waals surface area contributed by atoms with Crippen LogP contribution in [0.25, 0.3) is 0 Å². The van der Waals surface area contributed by atoms with E-state index >= 15 is 0 Å². The van der Waals surface area contributed by atoms with Crippen molar-refractivity contribution in [3.8, 4) is 0 Å². The largest absolute Gasteiger partial charge is 0.390 e. The SMILES string of the molecule is CC(O)C(O)/C=C(\C(=O)C=O)C1OCC(=O)CC1=O. The predicted molar refractivity (Wildman–Crippen MR) is 61.2 cm³/mol. The molecule has 0 amide bonds. The molecular formula is C12H14O7. The summed E-state index contributed by atoms with van der Waals surface area (Å²) < 4.78 is 4.93.